The summed E-state index contributed by atoms with van der Waals surface area (Å²) in [6, 6.07) is 0. The number of fused-ring (bicyclic) bond motifs is 1. The summed E-state index contributed by atoms with van der Waals surface area (Å²) in [6.07, 6.45) is 1.05. The second-order valence-electron chi connectivity index (χ2n) is 4.36. The van der Waals surface area contributed by atoms with Crippen LogP contribution in [0.15, 0.2) is 0 Å². The van der Waals surface area contributed by atoms with Crippen LogP contribution in [0.25, 0.3) is 0 Å². The highest BCUT2D eigenvalue weighted by atomic mass is 16.5. The molecule has 1 aliphatic rings. The summed E-state index contributed by atoms with van der Waals surface area (Å²) in [7, 11) is 11.9. The van der Waals surface area contributed by atoms with Crippen molar-refractivity contribution in [3.8, 4) is 5.75 Å². The number of rotatable bonds is 0. The van der Waals surface area contributed by atoms with Crippen LogP contribution in [0.4, 0.5) is 0 Å². The van der Waals surface area contributed by atoms with Crippen molar-refractivity contribution in [2.75, 3.05) is 6.61 Å². The molecule has 1 heterocycles. The normalized spacial score (nSPS) is 19.5. The van der Waals surface area contributed by atoms with E-state index in [-0.39, 0.29) is 0 Å². The number of hydrogen-bond donors (Lipinski definition) is 0. The van der Waals surface area contributed by atoms with Gasteiger partial charge in [-0.25, -0.2) is 0 Å². The van der Waals surface area contributed by atoms with Crippen LogP contribution >= 0.6 is 0 Å². The van der Waals surface area contributed by atoms with Gasteiger partial charge in [-0.15, -0.1) is 0 Å². The molecule has 0 aliphatic carbocycles. The highest BCUT2D eigenvalue weighted by molar-refractivity contribution is 6.50. The third-order valence-electron chi connectivity index (χ3n) is 3.38. The first-order valence-corrected chi connectivity index (χ1v) is 5.34. The molecule has 15 heavy (non-hydrogen) atoms. The molecule has 1 nitrogen and oxygen atoms in total. The monoisotopic (exact) mass is 196 g/mol. The van der Waals surface area contributed by atoms with Crippen molar-refractivity contribution in [2.45, 2.75) is 33.1 Å². The Bertz CT molecular complexity index is 413. The summed E-state index contributed by atoms with van der Waals surface area (Å²) < 4.78 is 5.71. The van der Waals surface area contributed by atoms with Crippen LogP contribution in [0.5, 0.6) is 5.75 Å². The summed E-state index contributed by atoms with van der Waals surface area (Å²) in [5.74, 6) is 1.47. The third kappa shape index (κ3) is 1.49. The maximum atomic E-state index is 5.99. The molecule has 3 heteroatoms. The number of hydrogen-bond acceptors (Lipinski definition) is 1. The fourth-order valence-electron chi connectivity index (χ4n) is 2.31. The molecule has 0 spiro atoms. The molecule has 74 valence electrons. The third-order valence-corrected chi connectivity index (χ3v) is 3.38. The van der Waals surface area contributed by atoms with E-state index in [9.17, 15) is 0 Å². The molecule has 1 unspecified atom stereocenters. The van der Waals surface area contributed by atoms with Crippen LogP contribution in [-0.2, 0) is 0 Å². The van der Waals surface area contributed by atoms with E-state index in [0.717, 1.165) is 29.9 Å². The molecular formula is C12H14B2O. The van der Waals surface area contributed by atoms with Gasteiger partial charge in [0.15, 0.2) is 0 Å². The summed E-state index contributed by atoms with van der Waals surface area (Å²) in [5.41, 5.74) is 4.69. The Morgan fingerprint density at radius 3 is 2.40 bits per heavy atom. The highest BCUT2D eigenvalue weighted by Crippen LogP contribution is 2.36. The Morgan fingerprint density at radius 1 is 1.13 bits per heavy atom. The van der Waals surface area contributed by atoms with Crippen molar-refractivity contribution in [2.24, 2.45) is 0 Å². The predicted molar refractivity (Wildman–Crippen MR) is 65.2 cm³/mol. The van der Waals surface area contributed by atoms with E-state index in [1.807, 2.05) is 13.8 Å². The van der Waals surface area contributed by atoms with Gasteiger partial charge >= 0.3 is 0 Å². The minimum Gasteiger partial charge on any atom is -0.493 e. The van der Waals surface area contributed by atoms with Gasteiger partial charge in [0, 0.05) is 0 Å². The van der Waals surface area contributed by atoms with Crippen LogP contribution in [0.1, 0.15) is 36.0 Å². The van der Waals surface area contributed by atoms with Gasteiger partial charge in [-0.1, -0.05) is 23.4 Å². The van der Waals surface area contributed by atoms with E-state index in [1.165, 1.54) is 5.56 Å². The predicted octanol–water partition coefficient (Wildman–Crippen LogP) is 0.777. The molecule has 0 bridgehead atoms. The second kappa shape index (κ2) is 3.62. The Balaban J connectivity index is 2.74. The number of ether oxygens (including phenoxy) is 1. The van der Waals surface area contributed by atoms with E-state index >= 15 is 0 Å². The van der Waals surface area contributed by atoms with E-state index in [0.29, 0.717) is 16.8 Å². The zero-order chi connectivity index (χ0) is 11.2. The van der Waals surface area contributed by atoms with Crippen LogP contribution in [-0.4, -0.2) is 22.3 Å². The summed E-state index contributed by atoms with van der Waals surface area (Å²) in [6.45, 7) is 6.98. The molecule has 0 saturated heterocycles. The van der Waals surface area contributed by atoms with Gasteiger partial charge in [-0.05, 0) is 37.3 Å². The zero-order valence-electron chi connectivity index (χ0n) is 9.55. The molecular weight excluding hydrogens is 182 g/mol. The Labute approximate surface area is 94.0 Å². The summed E-state index contributed by atoms with van der Waals surface area (Å²) in [5, 5.41) is 0. The van der Waals surface area contributed by atoms with E-state index in [4.69, 9.17) is 20.4 Å². The van der Waals surface area contributed by atoms with Gasteiger partial charge in [-0.3, -0.25) is 0 Å². The largest absolute Gasteiger partial charge is 0.493 e. The molecule has 2 rings (SSSR count). The lowest BCUT2D eigenvalue weighted by atomic mass is 9.71. The Morgan fingerprint density at radius 2 is 1.73 bits per heavy atom. The minimum absolute atomic E-state index is 0.510. The van der Waals surface area contributed by atoms with Crippen LogP contribution in [0.2, 0.25) is 0 Å². The topological polar surface area (TPSA) is 9.23 Å². The lowest BCUT2D eigenvalue weighted by molar-refractivity contribution is 0.270. The molecule has 1 aliphatic heterocycles. The highest BCUT2D eigenvalue weighted by Gasteiger charge is 2.23. The first-order chi connectivity index (χ1) is 7.04. The molecule has 1 atom stereocenters. The first-order valence-electron chi connectivity index (χ1n) is 5.34. The Hall–Kier alpha value is -0.850. The molecule has 0 aromatic heterocycles. The van der Waals surface area contributed by atoms with Crippen molar-refractivity contribution >= 4 is 26.6 Å². The molecule has 0 amide bonds. The lowest BCUT2D eigenvalue weighted by Crippen LogP contribution is -2.34. The SMILES string of the molecule is [B]c1c([B])c(C)c2c(c1C)OCCC2C. The van der Waals surface area contributed by atoms with Crippen molar-refractivity contribution in [3.05, 3.63) is 16.7 Å². The van der Waals surface area contributed by atoms with Crippen LogP contribution in [0.3, 0.4) is 0 Å². The van der Waals surface area contributed by atoms with Crippen molar-refractivity contribution < 1.29 is 4.74 Å². The van der Waals surface area contributed by atoms with Gasteiger partial charge in [-0.2, -0.15) is 0 Å². The fourth-order valence-corrected chi connectivity index (χ4v) is 2.31. The second-order valence-corrected chi connectivity index (χ2v) is 4.36. The van der Waals surface area contributed by atoms with Crippen molar-refractivity contribution in [1.29, 1.82) is 0 Å². The van der Waals surface area contributed by atoms with Crippen molar-refractivity contribution in [1.82, 2.24) is 0 Å². The van der Waals surface area contributed by atoms with Crippen molar-refractivity contribution in [3.63, 3.8) is 0 Å². The van der Waals surface area contributed by atoms with E-state index in [2.05, 4.69) is 6.92 Å². The maximum Gasteiger partial charge on any atom is 0.125 e. The van der Waals surface area contributed by atoms with Gasteiger partial charge < -0.3 is 4.74 Å². The summed E-state index contributed by atoms with van der Waals surface area (Å²) in [4.78, 5) is 0. The van der Waals surface area contributed by atoms with Crippen LogP contribution < -0.4 is 15.7 Å². The zero-order valence-corrected chi connectivity index (χ0v) is 9.55. The molecule has 1 aromatic carbocycles. The summed E-state index contributed by atoms with van der Waals surface area (Å²) >= 11 is 0. The van der Waals surface area contributed by atoms with E-state index < -0.39 is 0 Å². The fraction of sp³-hybridized carbons (Fsp3) is 0.500. The maximum absolute atomic E-state index is 5.99. The van der Waals surface area contributed by atoms with Gasteiger partial charge in [0.25, 0.3) is 0 Å². The molecule has 0 saturated carbocycles. The smallest absolute Gasteiger partial charge is 0.125 e. The quantitative estimate of drug-likeness (QED) is 0.557. The minimum atomic E-state index is 0.510. The van der Waals surface area contributed by atoms with Crippen LogP contribution in [0, 0.1) is 13.8 Å². The first kappa shape index (κ1) is 10.7. The lowest BCUT2D eigenvalue weighted by Gasteiger charge is -2.29. The van der Waals surface area contributed by atoms with Gasteiger partial charge in [0.05, 0.1) is 6.61 Å². The molecule has 0 fully saturated rings. The number of benzene rings is 1. The average Bonchev–Trinajstić information content (AvgIpc) is 2.23. The van der Waals surface area contributed by atoms with E-state index in [1.54, 1.807) is 0 Å². The average molecular weight is 196 g/mol. The Kier molecular flexibility index (Phi) is 2.57. The molecule has 4 radical (unpaired) electrons. The van der Waals surface area contributed by atoms with Gasteiger partial charge in [0.1, 0.15) is 21.4 Å². The molecule has 0 N–H and O–H groups in total. The standard InChI is InChI=1S/C12H14B2O/c1-6-4-5-15-12-8(3)11(14)10(13)7(2)9(6)12/h6H,4-5H2,1-3H3. The molecule has 1 aromatic rings. The van der Waals surface area contributed by atoms with Gasteiger partial charge in [0.2, 0.25) is 0 Å².